The molecule has 0 atom stereocenters. The van der Waals surface area contributed by atoms with Gasteiger partial charge in [-0.1, -0.05) is 6.08 Å². The third-order valence-corrected chi connectivity index (χ3v) is 5.41. The van der Waals surface area contributed by atoms with Crippen LogP contribution in [0.4, 0.5) is 10.2 Å². The van der Waals surface area contributed by atoms with E-state index in [9.17, 15) is 14.0 Å². The molecule has 2 aliphatic heterocycles. The first kappa shape index (κ1) is 21.7. The van der Waals surface area contributed by atoms with Crippen LogP contribution in [0, 0.1) is 5.82 Å². The number of benzene rings is 1. The Morgan fingerprint density at radius 2 is 2.16 bits per heavy atom. The minimum Gasteiger partial charge on any atom is -0.496 e. The number of methoxy groups -OCH3 is 1. The van der Waals surface area contributed by atoms with E-state index >= 15 is 0 Å². The van der Waals surface area contributed by atoms with Crippen LogP contribution < -0.4 is 10.1 Å². The Labute approximate surface area is 185 Å². The van der Waals surface area contributed by atoms with Crippen molar-refractivity contribution >= 4 is 29.3 Å². The number of hydrogen-bond acceptors (Lipinski definition) is 5. The van der Waals surface area contributed by atoms with Gasteiger partial charge < -0.3 is 19.7 Å². The molecular weight excluding hydrogens is 413 g/mol. The Balaban J connectivity index is 1.41. The molecule has 2 amide bonds. The molecule has 1 aromatic heterocycles. The molecule has 1 N–H and O–H groups in total. The van der Waals surface area contributed by atoms with Gasteiger partial charge in [-0.25, -0.2) is 9.37 Å². The minimum absolute atomic E-state index is 0.00744. The van der Waals surface area contributed by atoms with E-state index < -0.39 is 0 Å². The number of hydrogen-bond donors (Lipinski definition) is 1. The van der Waals surface area contributed by atoms with Crippen molar-refractivity contribution in [3.63, 3.8) is 0 Å². The molecule has 1 aromatic carbocycles. The number of fused-ring (bicyclic) bond motifs is 1. The zero-order valence-electron chi connectivity index (χ0n) is 17.8. The molecule has 8 heteroatoms. The third-order valence-electron chi connectivity index (χ3n) is 5.41. The Morgan fingerprint density at radius 3 is 3.00 bits per heavy atom. The third kappa shape index (κ3) is 5.03. The van der Waals surface area contributed by atoms with Crippen molar-refractivity contribution in [2.24, 2.45) is 0 Å². The second-order valence-corrected chi connectivity index (χ2v) is 7.59. The quantitative estimate of drug-likeness (QED) is 0.742. The van der Waals surface area contributed by atoms with Crippen molar-refractivity contribution in [1.29, 1.82) is 0 Å². The highest BCUT2D eigenvalue weighted by Crippen LogP contribution is 2.31. The van der Waals surface area contributed by atoms with E-state index in [-0.39, 0.29) is 30.8 Å². The van der Waals surface area contributed by atoms with Crippen LogP contribution in [-0.2, 0) is 20.9 Å². The largest absolute Gasteiger partial charge is 0.496 e. The summed E-state index contributed by atoms with van der Waals surface area (Å²) < 4.78 is 24.4. The molecule has 32 heavy (non-hydrogen) atoms. The zero-order chi connectivity index (χ0) is 22.5. The van der Waals surface area contributed by atoms with E-state index in [1.807, 2.05) is 12.1 Å². The summed E-state index contributed by atoms with van der Waals surface area (Å²) in [6.07, 6.45) is 8.15. The van der Waals surface area contributed by atoms with Gasteiger partial charge in [-0.3, -0.25) is 9.59 Å². The molecule has 3 heterocycles. The van der Waals surface area contributed by atoms with E-state index in [4.69, 9.17) is 9.47 Å². The normalized spacial score (nSPS) is 16.6. The van der Waals surface area contributed by atoms with Gasteiger partial charge in [-0.15, -0.1) is 0 Å². The monoisotopic (exact) mass is 437 g/mol. The molecule has 2 aromatic rings. The molecule has 4 rings (SSSR count). The second-order valence-electron chi connectivity index (χ2n) is 7.59. The van der Waals surface area contributed by atoms with Crippen LogP contribution in [0.5, 0.6) is 5.75 Å². The van der Waals surface area contributed by atoms with E-state index in [0.29, 0.717) is 37.5 Å². The maximum atomic E-state index is 13.8. The molecule has 0 unspecified atom stereocenters. The molecule has 0 bridgehead atoms. The summed E-state index contributed by atoms with van der Waals surface area (Å²) in [6, 6.07) is 6.31. The highest BCUT2D eigenvalue weighted by Gasteiger charge is 2.18. The van der Waals surface area contributed by atoms with Gasteiger partial charge in [0.25, 0.3) is 5.91 Å². The number of nitrogens with one attached hydrogen (secondary N) is 1. The molecule has 0 radical (unpaired) electrons. The van der Waals surface area contributed by atoms with Crippen LogP contribution in [0.3, 0.4) is 0 Å². The van der Waals surface area contributed by atoms with Crippen LogP contribution >= 0.6 is 0 Å². The first-order valence-corrected chi connectivity index (χ1v) is 10.4. The number of amides is 2. The first-order chi connectivity index (χ1) is 15.5. The van der Waals surface area contributed by atoms with Crippen LogP contribution in [-0.4, -0.2) is 48.5 Å². The summed E-state index contributed by atoms with van der Waals surface area (Å²) in [4.78, 5) is 30.3. The van der Waals surface area contributed by atoms with Crippen LogP contribution in [0.15, 0.2) is 42.6 Å². The smallest absolute Gasteiger partial charge is 0.251 e. The van der Waals surface area contributed by atoms with Crippen LogP contribution in [0.2, 0.25) is 0 Å². The molecule has 166 valence electrons. The highest BCUT2D eigenvalue weighted by molar-refractivity contribution is 5.93. The van der Waals surface area contributed by atoms with E-state index in [1.54, 1.807) is 30.3 Å². The van der Waals surface area contributed by atoms with Crippen molar-refractivity contribution in [2.45, 2.75) is 19.4 Å². The zero-order valence-corrected chi connectivity index (χ0v) is 17.8. The lowest BCUT2D eigenvalue weighted by Crippen LogP contribution is -2.30. The van der Waals surface area contributed by atoms with E-state index in [1.165, 1.54) is 18.2 Å². The standard InChI is InChI=1S/C24H24FN3O4/c1-31-21-6-5-19(25)12-20(21)17-3-2-9-28(10-8-17)23(30)7-4-16-11-18-14-32-15-22(29)27-24(18)26-13-16/h3-7,11-13H,2,8-10,14-15H2,1H3,(H,26,27,29). The number of ether oxygens (including phenoxy) is 2. The van der Waals surface area contributed by atoms with Crippen LogP contribution in [0.1, 0.15) is 29.5 Å². The Kier molecular flexibility index (Phi) is 6.61. The average molecular weight is 437 g/mol. The summed E-state index contributed by atoms with van der Waals surface area (Å²) in [5.41, 5.74) is 3.20. The van der Waals surface area contributed by atoms with Gasteiger partial charge in [0.05, 0.1) is 13.7 Å². The molecule has 0 saturated heterocycles. The number of nitrogens with zero attached hydrogens (tertiary/aromatic N) is 2. The maximum absolute atomic E-state index is 13.8. The summed E-state index contributed by atoms with van der Waals surface area (Å²) in [5.74, 6) is 0.439. The van der Waals surface area contributed by atoms with E-state index in [2.05, 4.69) is 10.3 Å². The molecule has 2 aliphatic rings. The van der Waals surface area contributed by atoms with Gasteiger partial charge in [-0.2, -0.15) is 0 Å². The summed E-state index contributed by atoms with van der Waals surface area (Å²) in [5, 5.41) is 2.69. The lowest BCUT2D eigenvalue weighted by atomic mass is 10.0. The number of carbonyl (C=O) groups excluding carboxylic acids is 2. The maximum Gasteiger partial charge on any atom is 0.251 e. The molecule has 7 nitrogen and oxygen atoms in total. The Morgan fingerprint density at radius 1 is 1.28 bits per heavy atom. The number of pyridine rings is 1. The fourth-order valence-electron chi connectivity index (χ4n) is 3.80. The van der Waals surface area contributed by atoms with Crippen molar-refractivity contribution in [3.05, 3.63) is 65.1 Å². The van der Waals surface area contributed by atoms with Gasteiger partial charge in [0.15, 0.2) is 0 Å². The number of halogens is 1. The molecule has 0 saturated carbocycles. The lowest BCUT2D eigenvalue weighted by Gasteiger charge is -2.19. The number of rotatable bonds is 4. The minimum atomic E-state index is -0.318. The number of carbonyl (C=O) groups is 2. The van der Waals surface area contributed by atoms with Crippen molar-refractivity contribution in [1.82, 2.24) is 9.88 Å². The summed E-state index contributed by atoms with van der Waals surface area (Å²) in [7, 11) is 1.56. The van der Waals surface area contributed by atoms with Crippen molar-refractivity contribution in [3.8, 4) is 5.75 Å². The van der Waals surface area contributed by atoms with Gasteiger partial charge in [0.2, 0.25) is 5.91 Å². The van der Waals surface area contributed by atoms with Gasteiger partial charge in [-0.05, 0) is 54.3 Å². The first-order valence-electron chi connectivity index (χ1n) is 10.4. The molecular formula is C24H24FN3O4. The second kappa shape index (κ2) is 9.74. The Bertz CT molecular complexity index is 1100. The predicted octanol–water partition coefficient (Wildman–Crippen LogP) is 3.42. The average Bonchev–Trinajstić information content (AvgIpc) is 3.15. The predicted molar refractivity (Wildman–Crippen MR) is 118 cm³/mol. The van der Waals surface area contributed by atoms with Crippen molar-refractivity contribution in [2.75, 3.05) is 32.1 Å². The van der Waals surface area contributed by atoms with Gasteiger partial charge >= 0.3 is 0 Å². The fraction of sp³-hybridized carbons (Fsp3) is 0.292. The summed E-state index contributed by atoms with van der Waals surface area (Å²) in [6.45, 7) is 1.37. The number of aromatic nitrogens is 1. The van der Waals surface area contributed by atoms with Crippen molar-refractivity contribution < 1.29 is 23.5 Å². The van der Waals surface area contributed by atoms with Gasteiger partial charge in [0.1, 0.15) is 24.0 Å². The fourth-order valence-corrected chi connectivity index (χ4v) is 3.80. The SMILES string of the molecule is COc1ccc(F)cc1C1=CCCN(C(=O)C=Cc2cnc3c(c2)COCC(=O)N3)CC1. The van der Waals surface area contributed by atoms with Gasteiger partial charge in [0, 0.05) is 36.5 Å². The Hall–Kier alpha value is -3.52. The molecule has 0 aliphatic carbocycles. The summed E-state index contributed by atoms with van der Waals surface area (Å²) >= 11 is 0. The lowest BCUT2D eigenvalue weighted by molar-refractivity contribution is -0.125. The van der Waals surface area contributed by atoms with Crippen LogP contribution in [0.25, 0.3) is 11.6 Å². The number of anilines is 1. The highest BCUT2D eigenvalue weighted by atomic mass is 19.1. The molecule has 0 spiro atoms. The molecule has 0 fully saturated rings. The van der Waals surface area contributed by atoms with E-state index in [0.717, 1.165) is 22.3 Å². The topological polar surface area (TPSA) is 80.8 Å².